The minimum Gasteiger partial charge on any atom is -0.426 e. The molecule has 2 rings (SSSR count). The van der Waals surface area contributed by atoms with Crippen molar-refractivity contribution < 1.29 is 9.53 Å². The third-order valence-electron chi connectivity index (χ3n) is 1.74. The molecule has 70 valence electrons. The topological polar surface area (TPSA) is 38.3 Å². The van der Waals surface area contributed by atoms with E-state index in [0.29, 0.717) is 0 Å². The molecule has 0 spiro atoms. The molecule has 0 radical (unpaired) electrons. The summed E-state index contributed by atoms with van der Waals surface area (Å²) in [6.07, 6.45) is 1.65. The first-order chi connectivity index (χ1) is 6.75. The number of hydrogen-bond acceptors (Lipinski definition) is 3. The van der Waals surface area contributed by atoms with Gasteiger partial charge < -0.3 is 4.74 Å². The second-order valence-corrected chi connectivity index (χ2v) is 3.13. The van der Waals surface area contributed by atoms with Crippen LogP contribution in [0.2, 0.25) is 0 Å². The van der Waals surface area contributed by atoms with Crippen LogP contribution in [0, 0.1) is 0 Å². The van der Waals surface area contributed by atoms with Crippen LogP contribution in [0.15, 0.2) is 36.1 Å². The summed E-state index contributed by atoms with van der Waals surface area (Å²) >= 11 is 4.69. The summed E-state index contributed by atoms with van der Waals surface area (Å²) < 4.78 is 5.01. The summed E-state index contributed by atoms with van der Waals surface area (Å²) in [6.45, 7) is 0. The summed E-state index contributed by atoms with van der Waals surface area (Å²) in [5.41, 5.74) is 0.905. The monoisotopic (exact) mass is 205 g/mol. The average molecular weight is 205 g/mol. The molecule has 1 amide bonds. The van der Waals surface area contributed by atoms with E-state index in [2.05, 4.69) is 5.32 Å². The van der Waals surface area contributed by atoms with Gasteiger partial charge in [-0.3, -0.25) is 10.1 Å². The predicted molar refractivity (Wildman–Crippen MR) is 56.2 cm³/mol. The molecule has 4 heteroatoms. The molecule has 1 saturated heterocycles. The number of ether oxygens (including phenoxy) is 1. The molecule has 0 atom stereocenters. The van der Waals surface area contributed by atoms with E-state index in [0.717, 1.165) is 5.56 Å². The Morgan fingerprint density at radius 3 is 2.57 bits per heavy atom. The van der Waals surface area contributed by atoms with E-state index in [1.807, 2.05) is 30.3 Å². The van der Waals surface area contributed by atoms with Gasteiger partial charge >= 0.3 is 0 Å². The Morgan fingerprint density at radius 2 is 2.00 bits per heavy atom. The van der Waals surface area contributed by atoms with Crippen molar-refractivity contribution in [2.24, 2.45) is 0 Å². The molecule has 1 aliphatic heterocycles. The Hall–Kier alpha value is -1.68. The zero-order chi connectivity index (χ0) is 9.97. The van der Waals surface area contributed by atoms with Crippen molar-refractivity contribution in [3.05, 3.63) is 41.7 Å². The van der Waals surface area contributed by atoms with E-state index >= 15 is 0 Å². The molecule has 1 aromatic carbocycles. The molecule has 0 unspecified atom stereocenters. The molecule has 1 aromatic rings. The molecule has 14 heavy (non-hydrogen) atoms. The Morgan fingerprint density at radius 1 is 1.29 bits per heavy atom. The normalized spacial score (nSPS) is 18.1. The number of benzene rings is 1. The second-order valence-electron chi connectivity index (χ2n) is 2.76. The number of nitrogens with one attached hydrogen (secondary N) is 1. The minimum absolute atomic E-state index is 0.109. The molecular weight excluding hydrogens is 198 g/mol. The first-order valence-corrected chi connectivity index (χ1v) is 4.46. The Balaban J connectivity index is 2.28. The van der Waals surface area contributed by atoms with Crippen molar-refractivity contribution in [1.82, 2.24) is 5.32 Å². The van der Waals surface area contributed by atoms with E-state index in [9.17, 15) is 4.79 Å². The largest absolute Gasteiger partial charge is 0.426 e. The van der Waals surface area contributed by atoms with Gasteiger partial charge in [0, 0.05) is 0 Å². The van der Waals surface area contributed by atoms with E-state index in [1.165, 1.54) is 0 Å². The van der Waals surface area contributed by atoms with Gasteiger partial charge in [0.1, 0.15) is 0 Å². The second kappa shape index (κ2) is 3.59. The van der Waals surface area contributed by atoms with Crippen LogP contribution in [0.3, 0.4) is 0 Å². The Kier molecular flexibility index (Phi) is 2.28. The fourth-order valence-corrected chi connectivity index (χ4v) is 1.30. The van der Waals surface area contributed by atoms with E-state index in [-0.39, 0.29) is 16.8 Å². The summed E-state index contributed by atoms with van der Waals surface area (Å²) in [4.78, 5) is 11.2. The predicted octanol–water partition coefficient (Wildman–Crippen LogP) is 1.46. The van der Waals surface area contributed by atoms with Gasteiger partial charge in [-0.25, -0.2) is 0 Å². The molecule has 1 heterocycles. The van der Waals surface area contributed by atoms with Crippen molar-refractivity contribution in [3.63, 3.8) is 0 Å². The SMILES string of the molecule is O=C1NC(=S)O/C1=C/c1ccccc1. The van der Waals surface area contributed by atoms with Crippen molar-refractivity contribution in [2.45, 2.75) is 0 Å². The summed E-state index contributed by atoms with van der Waals surface area (Å²) in [7, 11) is 0. The number of thiocarbonyl (C=S) groups is 1. The van der Waals surface area contributed by atoms with Gasteiger partial charge in [-0.1, -0.05) is 30.3 Å². The number of rotatable bonds is 1. The van der Waals surface area contributed by atoms with Crippen LogP contribution in [-0.4, -0.2) is 11.1 Å². The average Bonchev–Trinajstić information content (AvgIpc) is 2.47. The summed E-state index contributed by atoms with van der Waals surface area (Å²) in [6, 6.07) is 9.44. The molecule has 1 aliphatic rings. The van der Waals surface area contributed by atoms with Gasteiger partial charge in [-0.2, -0.15) is 0 Å². The van der Waals surface area contributed by atoms with E-state index in [1.54, 1.807) is 6.08 Å². The van der Waals surface area contributed by atoms with Gasteiger partial charge in [0.2, 0.25) is 0 Å². The molecule has 0 saturated carbocycles. The molecule has 0 aromatic heterocycles. The first kappa shape index (κ1) is 8.90. The molecule has 3 nitrogen and oxygen atoms in total. The van der Waals surface area contributed by atoms with E-state index < -0.39 is 0 Å². The fraction of sp³-hybridized carbons (Fsp3) is 0. The highest BCUT2D eigenvalue weighted by Gasteiger charge is 2.22. The zero-order valence-electron chi connectivity index (χ0n) is 7.19. The fourth-order valence-electron chi connectivity index (χ4n) is 1.12. The van der Waals surface area contributed by atoms with Gasteiger partial charge in [0.15, 0.2) is 5.76 Å². The minimum atomic E-state index is -0.293. The zero-order valence-corrected chi connectivity index (χ0v) is 8.01. The van der Waals surface area contributed by atoms with Gasteiger partial charge in [0.05, 0.1) is 0 Å². The van der Waals surface area contributed by atoms with Crippen LogP contribution in [0.1, 0.15) is 5.56 Å². The van der Waals surface area contributed by atoms with Crippen molar-refractivity contribution >= 4 is 29.4 Å². The summed E-state index contributed by atoms with van der Waals surface area (Å²) in [5, 5.41) is 2.50. The number of amides is 1. The lowest BCUT2D eigenvalue weighted by atomic mass is 10.2. The van der Waals surface area contributed by atoms with Crippen LogP contribution in [0.25, 0.3) is 6.08 Å². The van der Waals surface area contributed by atoms with Crippen LogP contribution >= 0.6 is 12.2 Å². The maximum Gasteiger partial charge on any atom is 0.294 e. The maximum absolute atomic E-state index is 11.2. The highest BCUT2D eigenvalue weighted by molar-refractivity contribution is 7.80. The highest BCUT2D eigenvalue weighted by atomic mass is 32.1. The lowest BCUT2D eigenvalue weighted by molar-refractivity contribution is -0.116. The van der Waals surface area contributed by atoms with Crippen molar-refractivity contribution in [1.29, 1.82) is 0 Å². The van der Waals surface area contributed by atoms with Crippen LogP contribution < -0.4 is 5.32 Å². The van der Waals surface area contributed by atoms with Crippen LogP contribution in [-0.2, 0) is 9.53 Å². The van der Waals surface area contributed by atoms with Crippen molar-refractivity contribution in [2.75, 3.05) is 0 Å². The molecule has 0 aliphatic carbocycles. The van der Waals surface area contributed by atoms with Gasteiger partial charge in [-0.15, -0.1) is 0 Å². The number of carbonyl (C=O) groups is 1. The maximum atomic E-state index is 11.2. The quantitative estimate of drug-likeness (QED) is 0.557. The smallest absolute Gasteiger partial charge is 0.294 e. The summed E-state index contributed by atoms with van der Waals surface area (Å²) in [5.74, 6) is -0.0555. The first-order valence-electron chi connectivity index (χ1n) is 4.05. The molecular formula is C10H7NO2S. The number of carbonyl (C=O) groups excluding carboxylic acids is 1. The lowest BCUT2D eigenvalue weighted by Gasteiger charge is -1.94. The number of hydrogen-bond donors (Lipinski definition) is 1. The van der Waals surface area contributed by atoms with Gasteiger partial charge in [0.25, 0.3) is 11.1 Å². The Labute approximate surface area is 86.4 Å². The Bertz CT molecular complexity index is 411. The lowest BCUT2D eigenvalue weighted by Crippen LogP contribution is -2.18. The van der Waals surface area contributed by atoms with Gasteiger partial charge in [-0.05, 0) is 23.9 Å². The molecule has 0 bridgehead atoms. The molecule has 1 fully saturated rings. The van der Waals surface area contributed by atoms with Crippen LogP contribution in [0.5, 0.6) is 0 Å². The highest BCUT2D eigenvalue weighted by Crippen LogP contribution is 2.12. The van der Waals surface area contributed by atoms with Crippen molar-refractivity contribution in [3.8, 4) is 0 Å². The van der Waals surface area contributed by atoms with Crippen LogP contribution in [0.4, 0.5) is 0 Å². The van der Waals surface area contributed by atoms with E-state index in [4.69, 9.17) is 17.0 Å². The third-order valence-corrected chi connectivity index (χ3v) is 1.92. The standard InChI is InChI=1S/C10H7NO2S/c12-9-8(13-10(14)11-9)6-7-4-2-1-3-5-7/h1-6H,(H,11,12,14)/b8-6+. The molecule has 1 N–H and O–H groups in total. The third kappa shape index (κ3) is 1.80.